The summed E-state index contributed by atoms with van der Waals surface area (Å²) < 4.78 is 11.5. The fourth-order valence-electron chi connectivity index (χ4n) is 3.85. The second kappa shape index (κ2) is 7.20. The van der Waals surface area contributed by atoms with Crippen LogP contribution in [0.5, 0.6) is 17.4 Å². The van der Waals surface area contributed by atoms with Gasteiger partial charge in [-0.25, -0.2) is 4.98 Å². The van der Waals surface area contributed by atoms with Gasteiger partial charge >= 0.3 is 0 Å². The maximum atomic E-state index is 5.77. The van der Waals surface area contributed by atoms with Gasteiger partial charge in [0.1, 0.15) is 11.5 Å². The predicted molar refractivity (Wildman–Crippen MR) is 105 cm³/mol. The molecule has 5 rings (SSSR count). The third-order valence-corrected chi connectivity index (χ3v) is 5.50. The first-order valence-electron chi connectivity index (χ1n) is 9.68. The van der Waals surface area contributed by atoms with E-state index in [1.165, 1.54) is 11.1 Å². The first-order chi connectivity index (χ1) is 13.8. The highest BCUT2D eigenvalue weighted by Gasteiger charge is 2.25. The number of ether oxygens (including phenoxy) is 2. The second-order valence-corrected chi connectivity index (χ2v) is 7.25. The number of benzene rings is 1. The number of nitrogens with zero attached hydrogens (tertiary/aromatic N) is 4. The molecule has 0 amide bonds. The highest BCUT2D eigenvalue weighted by Crippen LogP contribution is 2.32. The summed E-state index contributed by atoms with van der Waals surface area (Å²) in [6.07, 6.45) is 6.96. The molecule has 0 bridgehead atoms. The summed E-state index contributed by atoms with van der Waals surface area (Å²) >= 11 is 0. The smallest absolute Gasteiger partial charge is 0.238 e. The first-order valence-corrected chi connectivity index (χ1v) is 9.68. The van der Waals surface area contributed by atoms with E-state index in [9.17, 15) is 0 Å². The van der Waals surface area contributed by atoms with E-state index in [1.807, 2.05) is 12.1 Å². The van der Waals surface area contributed by atoms with Crippen molar-refractivity contribution in [3.8, 4) is 17.4 Å². The Morgan fingerprint density at radius 1 is 1.14 bits per heavy atom. The average molecular weight is 374 g/mol. The Morgan fingerprint density at radius 3 is 3.00 bits per heavy atom. The summed E-state index contributed by atoms with van der Waals surface area (Å²) in [6, 6.07) is 10.6. The zero-order chi connectivity index (χ0) is 18.9. The standard InChI is InChI=1S/C22H22N4O2/c1-15(17-5-4-16-7-10-27-21(16)11-17)26-9-6-19-20(14-26)24-13-22(25-19)28-18-3-2-8-23-12-18/h2-5,8,11-13,15H,6-7,9-10,14H2,1H3. The van der Waals surface area contributed by atoms with Gasteiger partial charge in [-0.15, -0.1) is 0 Å². The summed E-state index contributed by atoms with van der Waals surface area (Å²) in [6.45, 7) is 4.77. The quantitative estimate of drug-likeness (QED) is 0.694. The van der Waals surface area contributed by atoms with E-state index in [0.29, 0.717) is 17.7 Å². The molecule has 1 unspecified atom stereocenters. The number of fused-ring (bicyclic) bond motifs is 2. The number of hydrogen-bond donors (Lipinski definition) is 0. The van der Waals surface area contributed by atoms with Gasteiger partial charge in [0, 0.05) is 38.2 Å². The van der Waals surface area contributed by atoms with Gasteiger partial charge in [-0.05, 0) is 36.2 Å². The van der Waals surface area contributed by atoms with Crippen LogP contribution >= 0.6 is 0 Å². The van der Waals surface area contributed by atoms with Crippen LogP contribution in [0.3, 0.4) is 0 Å². The van der Waals surface area contributed by atoms with Crippen LogP contribution in [0.4, 0.5) is 0 Å². The van der Waals surface area contributed by atoms with E-state index >= 15 is 0 Å². The zero-order valence-electron chi connectivity index (χ0n) is 15.8. The Morgan fingerprint density at radius 2 is 2.11 bits per heavy atom. The summed E-state index contributed by atoms with van der Waals surface area (Å²) in [7, 11) is 0. The van der Waals surface area contributed by atoms with Crippen LogP contribution in [0.25, 0.3) is 0 Å². The molecule has 0 saturated heterocycles. The Kier molecular flexibility index (Phi) is 4.41. The molecule has 28 heavy (non-hydrogen) atoms. The monoisotopic (exact) mass is 374 g/mol. The molecule has 0 spiro atoms. The molecule has 0 N–H and O–H groups in total. The molecule has 3 aromatic rings. The molecule has 2 aliphatic heterocycles. The van der Waals surface area contributed by atoms with Gasteiger partial charge < -0.3 is 9.47 Å². The van der Waals surface area contributed by atoms with Crippen molar-refractivity contribution in [3.05, 3.63) is 71.4 Å². The molecule has 6 heteroatoms. The molecule has 2 aliphatic rings. The van der Waals surface area contributed by atoms with Crippen molar-refractivity contribution in [1.82, 2.24) is 19.9 Å². The largest absolute Gasteiger partial charge is 0.493 e. The molecule has 0 fully saturated rings. The summed E-state index contributed by atoms with van der Waals surface area (Å²) in [4.78, 5) is 15.8. The van der Waals surface area contributed by atoms with Gasteiger partial charge in [0.25, 0.3) is 0 Å². The van der Waals surface area contributed by atoms with E-state index in [2.05, 4.69) is 45.0 Å². The Hall–Kier alpha value is -2.99. The highest BCUT2D eigenvalue weighted by molar-refractivity contribution is 5.41. The first kappa shape index (κ1) is 17.1. The summed E-state index contributed by atoms with van der Waals surface area (Å²) in [5.74, 6) is 2.23. The third kappa shape index (κ3) is 3.31. The van der Waals surface area contributed by atoms with Gasteiger partial charge in [-0.3, -0.25) is 14.9 Å². The van der Waals surface area contributed by atoms with E-state index in [0.717, 1.165) is 49.7 Å². The molecular weight excluding hydrogens is 352 g/mol. The molecule has 0 aliphatic carbocycles. The van der Waals surface area contributed by atoms with Crippen molar-refractivity contribution < 1.29 is 9.47 Å². The molecule has 1 aromatic carbocycles. The SMILES string of the molecule is CC(c1ccc2c(c1)OCC2)N1CCc2nc(Oc3cccnc3)cnc2C1. The predicted octanol–water partition coefficient (Wildman–Crippen LogP) is 3.72. The van der Waals surface area contributed by atoms with Crippen LogP contribution in [0.1, 0.15) is 35.5 Å². The number of aromatic nitrogens is 3. The Bertz CT molecular complexity index is 993. The molecule has 1 atom stereocenters. The molecule has 4 heterocycles. The van der Waals surface area contributed by atoms with Gasteiger partial charge in [-0.1, -0.05) is 12.1 Å². The number of pyridine rings is 1. The topological polar surface area (TPSA) is 60.4 Å². The third-order valence-electron chi connectivity index (χ3n) is 5.50. The van der Waals surface area contributed by atoms with Crippen molar-refractivity contribution in [2.45, 2.75) is 32.4 Å². The lowest BCUT2D eigenvalue weighted by Gasteiger charge is -2.33. The van der Waals surface area contributed by atoms with Crippen LogP contribution in [0, 0.1) is 0 Å². The molecule has 0 saturated carbocycles. The molecule has 0 radical (unpaired) electrons. The van der Waals surface area contributed by atoms with E-state index in [-0.39, 0.29) is 0 Å². The Labute approximate surface area is 164 Å². The van der Waals surface area contributed by atoms with Crippen molar-refractivity contribution >= 4 is 0 Å². The van der Waals surface area contributed by atoms with Gasteiger partial charge in [-0.2, -0.15) is 0 Å². The van der Waals surface area contributed by atoms with Crippen molar-refractivity contribution in [1.29, 1.82) is 0 Å². The van der Waals surface area contributed by atoms with Crippen LogP contribution in [-0.2, 0) is 19.4 Å². The van der Waals surface area contributed by atoms with E-state index < -0.39 is 0 Å². The van der Waals surface area contributed by atoms with Gasteiger partial charge in [0.15, 0.2) is 0 Å². The number of rotatable bonds is 4. The zero-order valence-corrected chi connectivity index (χ0v) is 15.8. The van der Waals surface area contributed by atoms with Crippen molar-refractivity contribution in [2.75, 3.05) is 13.2 Å². The maximum Gasteiger partial charge on any atom is 0.238 e. The normalized spacial score (nSPS) is 16.8. The second-order valence-electron chi connectivity index (χ2n) is 7.25. The minimum Gasteiger partial charge on any atom is -0.493 e. The average Bonchev–Trinajstić information content (AvgIpc) is 3.21. The van der Waals surface area contributed by atoms with E-state index in [1.54, 1.807) is 18.6 Å². The van der Waals surface area contributed by atoms with Crippen molar-refractivity contribution in [2.24, 2.45) is 0 Å². The lowest BCUT2D eigenvalue weighted by atomic mass is 10.0. The number of hydrogen-bond acceptors (Lipinski definition) is 6. The van der Waals surface area contributed by atoms with Crippen LogP contribution in [-0.4, -0.2) is 33.0 Å². The van der Waals surface area contributed by atoms with Gasteiger partial charge in [0.05, 0.1) is 30.4 Å². The fraction of sp³-hybridized carbons (Fsp3) is 0.318. The highest BCUT2D eigenvalue weighted by atomic mass is 16.5. The minimum absolute atomic E-state index is 0.302. The lowest BCUT2D eigenvalue weighted by Crippen LogP contribution is -2.34. The molecule has 6 nitrogen and oxygen atoms in total. The van der Waals surface area contributed by atoms with Crippen molar-refractivity contribution in [3.63, 3.8) is 0 Å². The lowest BCUT2D eigenvalue weighted by molar-refractivity contribution is 0.186. The maximum absolute atomic E-state index is 5.77. The van der Waals surface area contributed by atoms with E-state index in [4.69, 9.17) is 9.47 Å². The molecule has 142 valence electrons. The van der Waals surface area contributed by atoms with Crippen LogP contribution < -0.4 is 9.47 Å². The molecule has 2 aromatic heterocycles. The summed E-state index contributed by atoms with van der Waals surface area (Å²) in [5.41, 5.74) is 4.64. The summed E-state index contributed by atoms with van der Waals surface area (Å²) in [5, 5.41) is 0. The van der Waals surface area contributed by atoms with Crippen LogP contribution in [0.2, 0.25) is 0 Å². The Balaban J connectivity index is 1.31. The van der Waals surface area contributed by atoms with Gasteiger partial charge in [0.2, 0.25) is 5.88 Å². The minimum atomic E-state index is 0.302. The molecular formula is C22H22N4O2. The fourth-order valence-corrected chi connectivity index (χ4v) is 3.85. The van der Waals surface area contributed by atoms with Crippen LogP contribution in [0.15, 0.2) is 48.9 Å².